The number of nitrogens with one attached hydrogen (secondary N) is 1. The molecule has 5 heteroatoms. The summed E-state index contributed by atoms with van der Waals surface area (Å²) >= 11 is 4.96. The maximum Gasteiger partial charge on any atom is 0.267 e. The number of rotatable bonds is 2. The molecule has 0 saturated carbocycles. The van der Waals surface area contributed by atoms with Gasteiger partial charge in [-0.1, -0.05) is 6.92 Å². The van der Waals surface area contributed by atoms with Crippen LogP contribution in [0.1, 0.15) is 19.8 Å². The van der Waals surface area contributed by atoms with E-state index in [9.17, 15) is 8.78 Å². The minimum atomic E-state index is -2.56. The molecular formula is C8H14F2N2S. The molecule has 0 aromatic carbocycles. The van der Waals surface area contributed by atoms with Crippen molar-refractivity contribution in [3.63, 3.8) is 0 Å². The summed E-state index contributed by atoms with van der Waals surface area (Å²) < 4.78 is 25.5. The van der Waals surface area contributed by atoms with E-state index in [-0.39, 0.29) is 13.0 Å². The van der Waals surface area contributed by atoms with Crippen LogP contribution in [0.2, 0.25) is 0 Å². The Morgan fingerprint density at radius 1 is 1.62 bits per heavy atom. The van der Waals surface area contributed by atoms with Gasteiger partial charge in [-0.15, -0.1) is 0 Å². The van der Waals surface area contributed by atoms with Crippen molar-refractivity contribution in [1.29, 1.82) is 0 Å². The van der Waals surface area contributed by atoms with E-state index < -0.39 is 5.92 Å². The van der Waals surface area contributed by atoms with Crippen molar-refractivity contribution in [3.05, 3.63) is 0 Å². The van der Waals surface area contributed by atoms with Crippen LogP contribution in [0.3, 0.4) is 0 Å². The molecule has 0 spiro atoms. The molecule has 2 nitrogen and oxygen atoms in total. The Hall–Kier alpha value is -0.450. The highest BCUT2D eigenvalue weighted by molar-refractivity contribution is 7.80. The molecule has 0 unspecified atom stereocenters. The lowest BCUT2D eigenvalue weighted by molar-refractivity contribution is 0.0175. The second-order valence-corrected chi connectivity index (χ2v) is 3.65. The molecule has 0 radical (unpaired) electrons. The highest BCUT2D eigenvalue weighted by Gasteiger charge is 2.38. The second kappa shape index (κ2) is 4.17. The predicted molar refractivity (Wildman–Crippen MR) is 52.0 cm³/mol. The Balaban J connectivity index is 2.33. The first-order chi connectivity index (χ1) is 6.05. The van der Waals surface area contributed by atoms with Gasteiger partial charge in [0.15, 0.2) is 5.11 Å². The Labute approximate surface area is 82.3 Å². The molecule has 0 aromatic heterocycles. The number of hydrogen-bond acceptors (Lipinski definition) is 1. The number of likely N-dealkylation sites (tertiary alicyclic amines) is 1. The third-order valence-electron chi connectivity index (χ3n) is 1.98. The van der Waals surface area contributed by atoms with E-state index >= 15 is 0 Å². The van der Waals surface area contributed by atoms with Crippen LogP contribution < -0.4 is 5.32 Å². The highest BCUT2D eigenvalue weighted by atomic mass is 32.1. The summed E-state index contributed by atoms with van der Waals surface area (Å²) in [6.07, 6.45) is 0.866. The third kappa shape index (κ3) is 3.06. The minimum absolute atomic E-state index is 0.0824. The molecule has 0 bridgehead atoms. The van der Waals surface area contributed by atoms with Crippen molar-refractivity contribution in [2.24, 2.45) is 0 Å². The maximum atomic E-state index is 12.7. The van der Waals surface area contributed by atoms with E-state index in [0.717, 1.165) is 13.0 Å². The van der Waals surface area contributed by atoms with Crippen LogP contribution in [0.25, 0.3) is 0 Å². The predicted octanol–water partition coefficient (Wildman–Crippen LogP) is 1.61. The monoisotopic (exact) mass is 208 g/mol. The van der Waals surface area contributed by atoms with Crippen LogP contribution in [-0.2, 0) is 0 Å². The fourth-order valence-corrected chi connectivity index (χ4v) is 1.51. The van der Waals surface area contributed by atoms with E-state index in [1.165, 1.54) is 4.90 Å². The first-order valence-corrected chi connectivity index (χ1v) is 4.86. The standard InChI is InChI=1S/C8H14F2N2S/c1-2-4-11-7(13)12-5-3-8(9,10)6-12/h2-6H2,1H3,(H,11,13). The summed E-state index contributed by atoms with van der Waals surface area (Å²) in [6.45, 7) is 2.89. The fourth-order valence-electron chi connectivity index (χ4n) is 1.25. The van der Waals surface area contributed by atoms with Gasteiger partial charge >= 0.3 is 0 Å². The molecule has 1 saturated heterocycles. The van der Waals surface area contributed by atoms with Gasteiger partial charge in [-0.05, 0) is 18.6 Å². The molecule has 1 heterocycles. The zero-order valence-electron chi connectivity index (χ0n) is 7.65. The normalized spacial score (nSPS) is 20.4. The number of hydrogen-bond donors (Lipinski definition) is 1. The number of alkyl halides is 2. The average molecular weight is 208 g/mol. The maximum absolute atomic E-state index is 12.7. The van der Waals surface area contributed by atoms with Crippen molar-refractivity contribution in [1.82, 2.24) is 10.2 Å². The first-order valence-electron chi connectivity index (χ1n) is 4.46. The van der Waals surface area contributed by atoms with E-state index in [4.69, 9.17) is 12.2 Å². The van der Waals surface area contributed by atoms with E-state index in [2.05, 4.69) is 5.32 Å². The van der Waals surface area contributed by atoms with Crippen molar-refractivity contribution < 1.29 is 8.78 Å². The lowest BCUT2D eigenvalue weighted by Crippen LogP contribution is -2.39. The highest BCUT2D eigenvalue weighted by Crippen LogP contribution is 2.26. The summed E-state index contributed by atoms with van der Waals surface area (Å²) in [5.74, 6) is -2.56. The topological polar surface area (TPSA) is 15.3 Å². The molecule has 1 N–H and O–H groups in total. The van der Waals surface area contributed by atoms with E-state index in [1.54, 1.807) is 0 Å². The lowest BCUT2D eigenvalue weighted by atomic mass is 10.3. The molecule has 1 aliphatic rings. The van der Waals surface area contributed by atoms with Gasteiger partial charge in [0, 0.05) is 19.5 Å². The largest absolute Gasteiger partial charge is 0.363 e. The van der Waals surface area contributed by atoms with Crippen molar-refractivity contribution in [3.8, 4) is 0 Å². The quantitative estimate of drug-likeness (QED) is 0.694. The Kier molecular flexibility index (Phi) is 3.41. The van der Waals surface area contributed by atoms with Crippen molar-refractivity contribution in [2.75, 3.05) is 19.6 Å². The molecule has 0 atom stereocenters. The Bertz CT molecular complexity index is 197. The van der Waals surface area contributed by atoms with Gasteiger partial charge in [-0.3, -0.25) is 0 Å². The average Bonchev–Trinajstić information content (AvgIpc) is 2.42. The van der Waals surface area contributed by atoms with Crippen LogP contribution in [-0.4, -0.2) is 35.6 Å². The van der Waals surface area contributed by atoms with Crippen LogP contribution in [0, 0.1) is 0 Å². The van der Waals surface area contributed by atoms with Crippen molar-refractivity contribution in [2.45, 2.75) is 25.7 Å². The Morgan fingerprint density at radius 3 is 2.77 bits per heavy atom. The van der Waals surface area contributed by atoms with Crippen molar-refractivity contribution >= 4 is 17.3 Å². The van der Waals surface area contributed by atoms with Crippen LogP contribution in [0.5, 0.6) is 0 Å². The molecule has 0 amide bonds. The van der Waals surface area contributed by atoms with Gasteiger partial charge in [0.2, 0.25) is 0 Å². The molecule has 76 valence electrons. The van der Waals surface area contributed by atoms with Gasteiger partial charge < -0.3 is 10.2 Å². The van der Waals surface area contributed by atoms with Gasteiger partial charge in [0.25, 0.3) is 5.92 Å². The zero-order chi connectivity index (χ0) is 9.90. The summed E-state index contributed by atoms with van der Waals surface area (Å²) in [5, 5.41) is 3.39. The number of thiocarbonyl (C=S) groups is 1. The number of halogens is 2. The SMILES string of the molecule is CCCNC(=S)N1CCC(F)(F)C1. The van der Waals surface area contributed by atoms with E-state index in [0.29, 0.717) is 11.7 Å². The summed E-state index contributed by atoms with van der Waals surface area (Å²) in [4.78, 5) is 1.53. The van der Waals surface area contributed by atoms with Gasteiger partial charge in [-0.2, -0.15) is 0 Å². The summed E-state index contributed by atoms with van der Waals surface area (Å²) in [6, 6.07) is 0. The molecule has 0 aliphatic carbocycles. The van der Waals surface area contributed by atoms with Crippen LogP contribution in [0.15, 0.2) is 0 Å². The molecule has 13 heavy (non-hydrogen) atoms. The van der Waals surface area contributed by atoms with Gasteiger partial charge in [-0.25, -0.2) is 8.78 Å². The second-order valence-electron chi connectivity index (χ2n) is 3.26. The first kappa shape index (κ1) is 10.6. The zero-order valence-corrected chi connectivity index (χ0v) is 8.46. The fraction of sp³-hybridized carbons (Fsp3) is 0.875. The lowest BCUT2D eigenvalue weighted by Gasteiger charge is -2.19. The summed E-state index contributed by atoms with van der Waals surface area (Å²) in [5.41, 5.74) is 0. The molecule has 0 aromatic rings. The molecule has 1 aliphatic heterocycles. The summed E-state index contributed by atoms with van der Waals surface area (Å²) in [7, 11) is 0. The third-order valence-corrected chi connectivity index (χ3v) is 2.39. The van der Waals surface area contributed by atoms with Crippen LogP contribution >= 0.6 is 12.2 Å². The van der Waals surface area contributed by atoms with Gasteiger partial charge in [0.05, 0.1) is 6.54 Å². The van der Waals surface area contributed by atoms with E-state index in [1.807, 2.05) is 6.92 Å². The Morgan fingerprint density at radius 2 is 2.31 bits per heavy atom. The van der Waals surface area contributed by atoms with Crippen LogP contribution in [0.4, 0.5) is 8.78 Å². The van der Waals surface area contributed by atoms with Gasteiger partial charge in [0.1, 0.15) is 0 Å². The molecular weight excluding hydrogens is 194 g/mol. The molecule has 1 fully saturated rings. The molecule has 1 rings (SSSR count). The number of nitrogens with zero attached hydrogens (tertiary/aromatic N) is 1. The smallest absolute Gasteiger partial charge is 0.267 e. The minimum Gasteiger partial charge on any atom is -0.363 e.